The Hall–Kier alpha value is -2.87. The number of aromatic nitrogens is 4. The van der Waals surface area contributed by atoms with Gasteiger partial charge in [-0.25, -0.2) is 0 Å². The van der Waals surface area contributed by atoms with Crippen molar-refractivity contribution >= 4 is 17.5 Å². The van der Waals surface area contributed by atoms with Crippen molar-refractivity contribution in [1.82, 2.24) is 20.2 Å². The van der Waals surface area contributed by atoms with Crippen LogP contribution in [0.25, 0.3) is 5.69 Å². The molecule has 8 heteroatoms. The third-order valence-electron chi connectivity index (χ3n) is 3.36. The van der Waals surface area contributed by atoms with Crippen molar-refractivity contribution in [3.8, 4) is 11.4 Å². The molecule has 2 aromatic carbocycles. The van der Waals surface area contributed by atoms with E-state index >= 15 is 0 Å². The lowest BCUT2D eigenvalue weighted by molar-refractivity contribution is 0.319. The van der Waals surface area contributed by atoms with Gasteiger partial charge in [-0.2, -0.15) is 4.68 Å². The summed E-state index contributed by atoms with van der Waals surface area (Å²) in [6.07, 6.45) is 0. The third kappa shape index (κ3) is 3.38. The topological polar surface area (TPSA) is 96.4 Å². The second-order valence-electron chi connectivity index (χ2n) is 5.06. The standard InChI is InChI=1S/C16H15N5O2S/c1-11-7-8-15(22)13(9-11)14(18-23)10-24-16-17-19-20-21(16)12-5-3-2-4-6-12/h2-9,22-23H,10H2,1H3/b18-14+. The van der Waals surface area contributed by atoms with Crippen molar-refractivity contribution < 1.29 is 10.3 Å². The van der Waals surface area contributed by atoms with Crippen LogP contribution in [0.2, 0.25) is 0 Å². The molecule has 2 N–H and O–H groups in total. The molecule has 0 aliphatic carbocycles. The van der Waals surface area contributed by atoms with E-state index in [4.69, 9.17) is 0 Å². The number of phenolic OH excluding ortho intramolecular Hbond substituents is 1. The molecule has 3 aromatic rings. The van der Waals surface area contributed by atoms with Crippen molar-refractivity contribution in [2.75, 3.05) is 5.75 Å². The molecule has 0 spiro atoms. The first-order chi connectivity index (χ1) is 11.7. The zero-order valence-electron chi connectivity index (χ0n) is 12.9. The molecular weight excluding hydrogens is 326 g/mol. The predicted molar refractivity (Wildman–Crippen MR) is 91.0 cm³/mol. The number of hydrogen-bond donors (Lipinski definition) is 2. The van der Waals surface area contributed by atoms with Crippen LogP contribution in [0.4, 0.5) is 0 Å². The molecule has 0 fully saturated rings. The maximum Gasteiger partial charge on any atom is 0.214 e. The van der Waals surface area contributed by atoms with Gasteiger partial charge >= 0.3 is 0 Å². The van der Waals surface area contributed by atoms with Crippen LogP contribution in [0.15, 0.2) is 58.8 Å². The maximum absolute atomic E-state index is 9.98. The summed E-state index contributed by atoms with van der Waals surface area (Å²) in [7, 11) is 0. The highest BCUT2D eigenvalue weighted by molar-refractivity contribution is 7.99. The molecule has 24 heavy (non-hydrogen) atoms. The predicted octanol–water partition coefficient (Wildman–Crippen LogP) is 2.65. The van der Waals surface area contributed by atoms with E-state index in [1.54, 1.807) is 22.9 Å². The van der Waals surface area contributed by atoms with E-state index < -0.39 is 0 Å². The van der Waals surface area contributed by atoms with Crippen LogP contribution in [-0.2, 0) is 0 Å². The Bertz CT molecular complexity index is 864. The molecule has 0 aliphatic heterocycles. The number of phenols is 1. The fourth-order valence-electron chi connectivity index (χ4n) is 2.17. The number of benzene rings is 2. The molecule has 0 atom stereocenters. The minimum atomic E-state index is 0.0663. The van der Waals surface area contributed by atoms with Crippen LogP contribution in [0, 0.1) is 6.92 Å². The monoisotopic (exact) mass is 341 g/mol. The van der Waals surface area contributed by atoms with Gasteiger partial charge in [0.05, 0.1) is 5.69 Å². The Morgan fingerprint density at radius 2 is 2.00 bits per heavy atom. The summed E-state index contributed by atoms with van der Waals surface area (Å²) >= 11 is 1.32. The number of rotatable bonds is 5. The molecule has 0 aliphatic rings. The number of nitrogens with zero attached hydrogens (tertiary/aromatic N) is 5. The van der Waals surface area contributed by atoms with Gasteiger partial charge in [-0.1, -0.05) is 46.7 Å². The Morgan fingerprint density at radius 1 is 1.21 bits per heavy atom. The zero-order chi connectivity index (χ0) is 16.9. The molecule has 0 amide bonds. The van der Waals surface area contributed by atoms with Crippen molar-refractivity contribution in [3.05, 3.63) is 59.7 Å². The fourth-order valence-corrected chi connectivity index (χ4v) is 3.01. The lowest BCUT2D eigenvalue weighted by Crippen LogP contribution is -2.07. The van der Waals surface area contributed by atoms with E-state index in [1.807, 2.05) is 37.3 Å². The molecule has 0 radical (unpaired) electrons. The molecule has 122 valence electrons. The second-order valence-corrected chi connectivity index (χ2v) is 6.01. The van der Waals surface area contributed by atoms with Crippen molar-refractivity contribution in [3.63, 3.8) is 0 Å². The van der Waals surface area contributed by atoms with Crippen LogP contribution in [0.1, 0.15) is 11.1 Å². The van der Waals surface area contributed by atoms with Crippen LogP contribution in [-0.4, -0.2) is 42.0 Å². The van der Waals surface area contributed by atoms with Crippen LogP contribution >= 0.6 is 11.8 Å². The molecule has 0 unspecified atom stereocenters. The minimum Gasteiger partial charge on any atom is -0.507 e. The first-order valence-corrected chi connectivity index (χ1v) is 8.15. The van der Waals surface area contributed by atoms with Gasteiger partial charge in [0, 0.05) is 11.3 Å². The Balaban J connectivity index is 1.81. The van der Waals surface area contributed by atoms with Crippen LogP contribution < -0.4 is 0 Å². The summed E-state index contributed by atoms with van der Waals surface area (Å²) in [4.78, 5) is 0. The van der Waals surface area contributed by atoms with Gasteiger partial charge in [0.2, 0.25) is 5.16 Å². The first-order valence-electron chi connectivity index (χ1n) is 7.16. The highest BCUT2D eigenvalue weighted by Crippen LogP contribution is 2.24. The largest absolute Gasteiger partial charge is 0.507 e. The average molecular weight is 341 g/mol. The van der Waals surface area contributed by atoms with E-state index in [1.165, 1.54) is 11.8 Å². The number of aromatic hydroxyl groups is 1. The number of tetrazole rings is 1. The molecule has 3 rings (SSSR count). The number of aryl methyl sites for hydroxylation is 1. The SMILES string of the molecule is Cc1ccc(O)c(/C(CSc2nnnn2-c2ccccc2)=N/O)c1. The summed E-state index contributed by atoms with van der Waals surface area (Å²) in [6.45, 7) is 1.90. The summed E-state index contributed by atoms with van der Waals surface area (Å²) < 4.78 is 1.61. The molecule has 0 saturated heterocycles. The van der Waals surface area contributed by atoms with E-state index in [-0.39, 0.29) is 5.75 Å². The Labute approximate surface area is 142 Å². The number of oxime groups is 1. The normalized spacial score (nSPS) is 11.6. The van der Waals surface area contributed by atoms with Crippen molar-refractivity contribution in [2.24, 2.45) is 5.16 Å². The summed E-state index contributed by atoms with van der Waals surface area (Å²) in [5.74, 6) is 0.373. The van der Waals surface area contributed by atoms with Crippen LogP contribution in [0.5, 0.6) is 5.75 Å². The minimum absolute atomic E-state index is 0.0663. The lowest BCUT2D eigenvalue weighted by atomic mass is 10.1. The van der Waals surface area contributed by atoms with Crippen LogP contribution in [0.3, 0.4) is 0 Å². The van der Waals surface area contributed by atoms with Crippen molar-refractivity contribution in [2.45, 2.75) is 12.1 Å². The van der Waals surface area contributed by atoms with E-state index in [9.17, 15) is 10.3 Å². The summed E-state index contributed by atoms with van der Waals surface area (Å²) in [6, 6.07) is 14.6. The maximum atomic E-state index is 9.98. The average Bonchev–Trinajstić information content (AvgIpc) is 3.07. The van der Waals surface area contributed by atoms with Gasteiger partial charge in [0.25, 0.3) is 0 Å². The number of para-hydroxylation sites is 1. The molecule has 1 aromatic heterocycles. The molecular formula is C16H15N5O2S. The van der Waals surface area contributed by atoms with Gasteiger partial charge in [0.15, 0.2) is 0 Å². The lowest BCUT2D eigenvalue weighted by Gasteiger charge is -2.08. The third-order valence-corrected chi connectivity index (χ3v) is 4.29. The van der Waals surface area contributed by atoms with E-state index in [0.29, 0.717) is 22.2 Å². The molecule has 1 heterocycles. The Morgan fingerprint density at radius 3 is 2.75 bits per heavy atom. The second kappa shape index (κ2) is 7.14. The molecule has 0 saturated carbocycles. The first kappa shape index (κ1) is 16.0. The molecule has 0 bridgehead atoms. The highest BCUT2D eigenvalue weighted by Gasteiger charge is 2.14. The highest BCUT2D eigenvalue weighted by atomic mass is 32.2. The van der Waals surface area contributed by atoms with E-state index in [0.717, 1.165) is 11.3 Å². The summed E-state index contributed by atoms with van der Waals surface area (Å²) in [5, 5.41) is 34.9. The number of hydrogen-bond acceptors (Lipinski definition) is 7. The van der Waals surface area contributed by atoms with Gasteiger partial charge in [-0.3, -0.25) is 0 Å². The quantitative estimate of drug-likeness (QED) is 0.320. The zero-order valence-corrected chi connectivity index (χ0v) is 13.7. The smallest absolute Gasteiger partial charge is 0.214 e. The van der Waals surface area contributed by atoms with Gasteiger partial charge in [-0.15, -0.1) is 5.10 Å². The van der Waals surface area contributed by atoms with E-state index in [2.05, 4.69) is 20.7 Å². The fraction of sp³-hybridized carbons (Fsp3) is 0.125. The summed E-state index contributed by atoms with van der Waals surface area (Å²) in [5.41, 5.74) is 2.64. The van der Waals surface area contributed by atoms with Gasteiger partial charge in [-0.05, 0) is 41.6 Å². The van der Waals surface area contributed by atoms with Gasteiger partial charge < -0.3 is 10.3 Å². The number of thioether (sulfide) groups is 1. The van der Waals surface area contributed by atoms with Crippen molar-refractivity contribution in [1.29, 1.82) is 0 Å². The molecule has 7 nitrogen and oxygen atoms in total. The van der Waals surface area contributed by atoms with Gasteiger partial charge in [0.1, 0.15) is 11.5 Å². The Kier molecular flexibility index (Phi) is 4.76.